The molecule has 1 saturated heterocycles. The summed E-state index contributed by atoms with van der Waals surface area (Å²) < 4.78 is 0. The van der Waals surface area contributed by atoms with Crippen molar-refractivity contribution < 1.29 is 14.4 Å². The third kappa shape index (κ3) is 4.37. The zero-order chi connectivity index (χ0) is 20.9. The topological polar surface area (TPSA) is 69.7 Å². The highest BCUT2D eigenvalue weighted by Crippen LogP contribution is 2.26. The van der Waals surface area contributed by atoms with Crippen molar-refractivity contribution in [1.29, 1.82) is 0 Å². The molecule has 2 aromatic carbocycles. The predicted molar refractivity (Wildman–Crippen MR) is 114 cm³/mol. The van der Waals surface area contributed by atoms with E-state index in [0.717, 1.165) is 24.1 Å². The number of likely N-dealkylation sites (tertiary alicyclic amines) is 1. The van der Waals surface area contributed by atoms with Crippen LogP contribution >= 0.6 is 0 Å². The minimum Gasteiger partial charge on any atom is -0.354 e. The van der Waals surface area contributed by atoms with Crippen molar-refractivity contribution in [2.45, 2.75) is 38.3 Å². The van der Waals surface area contributed by atoms with Crippen molar-refractivity contribution in [3.63, 3.8) is 0 Å². The lowest BCUT2D eigenvalue weighted by Crippen LogP contribution is -2.48. The lowest BCUT2D eigenvalue weighted by atomic mass is 10.0. The highest BCUT2D eigenvalue weighted by Gasteiger charge is 2.36. The zero-order valence-electron chi connectivity index (χ0n) is 17.0. The summed E-state index contributed by atoms with van der Waals surface area (Å²) >= 11 is 0. The van der Waals surface area contributed by atoms with Gasteiger partial charge >= 0.3 is 0 Å². The molecule has 3 amide bonds. The maximum absolute atomic E-state index is 13.1. The van der Waals surface area contributed by atoms with Crippen molar-refractivity contribution in [3.8, 4) is 0 Å². The molecule has 4 rings (SSSR count). The fourth-order valence-electron chi connectivity index (χ4n) is 4.25. The fourth-order valence-corrected chi connectivity index (χ4v) is 4.25. The normalized spacial score (nSPS) is 16.7. The second-order valence-corrected chi connectivity index (χ2v) is 7.92. The molecule has 1 atom stereocenters. The lowest BCUT2D eigenvalue weighted by Gasteiger charge is -2.27. The third-order valence-electron chi connectivity index (χ3n) is 5.88. The van der Waals surface area contributed by atoms with E-state index in [9.17, 15) is 14.4 Å². The molecule has 2 aliphatic rings. The monoisotopic (exact) mass is 405 g/mol. The van der Waals surface area contributed by atoms with E-state index in [0.29, 0.717) is 44.5 Å². The highest BCUT2D eigenvalue weighted by atomic mass is 16.2. The Morgan fingerprint density at radius 3 is 2.53 bits per heavy atom. The summed E-state index contributed by atoms with van der Waals surface area (Å²) in [6.45, 7) is 2.41. The second kappa shape index (κ2) is 9.11. The van der Waals surface area contributed by atoms with E-state index < -0.39 is 6.04 Å². The van der Waals surface area contributed by atoms with Crippen LogP contribution in [0.5, 0.6) is 0 Å². The molecular weight excluding hydrogens is 378 g/mol. The maximum atomic E-state index is 13.1. The van der Waals surface area contributed by atoms with Gasteiger partial charge in [-0.3, -0.25) is 14.4 Å². The highest BCUT2D eigenvalue weighted by molar-refractivity contribution is 6.01. The number of fused-ring (bicyclic) bond motifs is 1. The van der Waals surface area contributed by atoms with E-state index in [2.05, 4.69) is 5.32 Å². The number of benzene rings is 2. The Morgan fingerprint density at radius 1 is 1.03 bits per heavy atom. The predicted octanol–water partition coefficient (Wildman–Crippen LogP) is 2.38. The van der Waals surface area contributed by atoms with Gasteiger partial charge in [-0.2, -0.15) is 0 Å². The second-order valence-electron chi connectivity index (χ2n) is 7.92. The van der Waals surface area contributed by atoms with Gasteiger partial charge in [0, 0.05) is 44.6 Å². The van der Waals surface area contributed by atoms with Gasteiger partial charge in [0.1, 0.15) is 6.04 Å². The molecule has 0 saturated carbocycles. The number of hydrogen-bond donors (Lipinski definition) is 1. The SMILES string of the molecule is O=C(NCCCN1CCCC1=O)C(Cc1ccccc1)N1Cc2ccccc2C1=O. The molecule has 0 bridgehead atoms. The molecule has 6 heteroatoms. The first-order valence-electron chi connectivity index (χ1n) is 10.6. The third-order valence-corrected chi connectivity index (χ3v) is 5.88. The molecule has 0 aromatic heterocycles. The van der Waals surface area contributed by atoms with Crippen molar-refractivity contribution in [1.82, 2.24) is 15.1 Å². The van der Waals surface area contributed by atoms with Gasteiger partial charge in [-0.05, 0) is 30.0 Å². The van der Waals surface area contributed by atoms with Crippen LogP contribution in [0, 0.1) is 0 Å². The van der Waals surface area contributed by atoms with Gasteiger partial charge in [-0.15, -0.1) is 0 Å². The standard InChI is InChI=1S/C24H27N3O3/c28-22-12-6-14-26(22)15-7-13-25-23(29)21(16-18-8-2-1-3-9-18)27-17-19-10-4-5-11-20(19)24(27)30/h1-5,8-11,21H,6-7,12-17H2,(H,25,29). The number of rotatable bonds is 8. The summed E-state index contributed by atoms with van der Waals surface area (Å²) in [5.74, 6) is -0.0409. The molecule has 0 radical (unpaired) electrons. The van der Waals surface area contributed by atoms with Crippen LogP contribution in [0.4, 0.5) is 0 Å². The molecule has 156 valence electrons. The Hall–Kier alpha value is -3.15. The van der Waals surface area contributed by atoms with Gasteiger partial charge in [-0.1, -0.05) is 48.5 Å². The van der Waals surface area contributed by atoms with Crippen molar-refractivity contribution in [3.05, 3.63) is 71.3 Å². The van der Waals surface area contributed by atoms with Gasteiger partial charge < -0.3 is 15.1 Å². The first kappa shape index (κ1) is 20.1. The Bertz CT molecular complexity index is 928. The van der Waals surface area contributed by atoms with Crippen LogP contribution in [0.25, 0.3) is 0 Å². The van der Waals surface area contributed by atoms with Gasteiger partial charge in [-0.25, -0.2) is 0 Å². The largest absolute Gasteiger partial charge is 0.354 e. The number of hydrogen-bond acceptors (Lipinski definition) is 3. The van der Waals surface area contributed by atoms with E-state index >= 15 is 0 Å². The maximum Gasteiger partial charge on any atom is 0.255 e. The Balaban J connectivity index is 1.42. The minimum absolute atomic E-state index is 0.0932. The average Bonchev–Trinajstić information content (AvgIpc) is 3.33. The number of carbonyl (C=O) groups is 3. The zero-order valence-corrected chi connectivity index (χ0v) is 17.0. The van der Waals surface area contributed by atoms with Gasteiger partial charge in [0.2, 0.25) is 11.8 Å². The molecule has 1 fully saturated rings. The van der Waals surface area contributed by atoms with Crippen LogP contribution in [0.3, 0.4) is 0 Å². The summed E-state index contributed by atoms with van der Waals surface area (Å²) in [6.07, 6.45) is 2.73. The van der Waals surface area contributed by atoms with Crippen LogP contribution in [0.15, 0.2) is 54.6 Å². The minimum atomic E-state index is -0.569. The molecule has 30 heavy (non-hydrogen) atoms. The number of nitrogens with one attached hydrogen (secondary N) is 1. The Morgan fingerprint density at radius 2 is 1.80 bits per heavy atom. The molecule has 1 N–H and O–H groups in total. The van der Waals surface area contributed by atoms with Gasteiger partial charge in [0.25, 0.3) is 5.91 Å². The molecule has 6 nitrogen and oxygen atoms in total. The van der Waals surface area contributed by atoms with Crippen LogP contribution in [-0.2, 0) is 22.6 Å². The molecule has 0 spiro atoms. The van der Waals surface area contributed by atoms with E-state index in [4.69, 9.17) is 0 Å². The van der Waals surface area contributed by atoms with E-state index in [1.807, 2.05) is 59.5 Å². The summed E-state index contributed by atoms with van der Waals surface area (Å²) in [7, 11) is 0. The first-order chi connectivity index (χ1) is 14.6. The summed E-state index contributed by atoms with van der Waals surface area (Å²) in [5.41, 5.74) is 2.65. The first-order valence-corrected chi connectivity index (χ1v) is 10.6. The van der Waals surface area contributed by atoms with E-state index in [1.54, 1.807) is 4.90 Å². The summed E-state index contributed by atoms with van der Waals surface area (Å²) in [5, 5.41) is 3.00. The molecule has 0 aliphatic carbocycles. The number of amides is 3. The fraction of sp³-hybridized carbons (Fsp3) is 0.375. The average molecular weight is 405 g/mol. The number of carbonyl (C=O) groups excluding carboxylic acids is 3. The lowest BCUT2D eigenvalue weighted by molar-refractivity contribution is -0.127. The Labute approximate surface area is 176 Å². The molecule has 2 aromatic rings. The molecule has 2 heterocycles. The van der Waals surface area contributed by atoms with Crippen molar-refractivity contribution >= 4 is 17.7 Å². The van der Waals surface area contributed by atoms with Crippen LogP contribution in [-0.4, -0.2) is 53.2 Å². The van der Waals surface area contributed by atoms with Crippen molar-refractivity contribution in [2.75, 3.05) is 19.6 Å². The van der Waals surface area contributed by atoms with E-state index in [-0.39, 0.29) is 17.7 Å². The summed E-state index contributed by atoms with van der Waals surface area (Å²) in [4.78, 5) is 41.3. The Kier molecular flexibility index (Phi) is 6.12. The van der Waals surface area contributed by atoms with Crippen LogP contribution < -0.4 is 5.32 Å². The molecule has 1 unspecified atom stereocenters. The molecular formula is C24H27N3O3. The van der Waals surface area contributed by atoms with E-state index in [1.165, 1.54) is 0 Å². The van der Waals surface area contributed by atoms with Crippen LogP contribution in [0.2, 0.25) is 0 Å². The molecule has 2 aliphatic heterocycles. The quantitative estimate of drug-likeness (QED) is 0.686. The van der Waals surface area contributed by atoms with Gasteiger partial charge in [0.15, 0.2) is 0 Å². The van der Waals surface area contributed by atoms with Crippen molar-refractivity contribution in [2.24, 2.45) is 0 Å². The smallest absolute Gasteiger partial charge is 0.255 e. The number of nitrogens with zero attached hydrogens (tertiary/aromatic N) is 2. The van der Waals surface area contributed by atoms with Gasteiger partial charge in [0.05, 0.1) is 0 Å². The summed E-state index contributed by atoms with van der Waals surface area (Å²) in [6, 6.07) is 16.7. The van der Waals surface area contributed by atoms with Crippen LogP contribution in [0.1, 0.15) is 40.7 Å².